The number of hydrogen-bond acceptors (Lipinski definition) is 11. The first-order valence-corrected chi connectivity index (χ1v) is 5.45. The molecular formula is C8H5N7O5. The maximum Gasteiger partial charge on any atom is 0.284 e. The summed E-state index contributed by atoms with van der Waals surface area (Å²) in [7, 11) is 0. The molecule has 0 radical (unpaired) electrons. The van der Waals surface area contributed by atoms with Crippen LogP contribution in [0.3, 0.4) is 0 Å². The number of β-amino-alcohol motifs (C(OH)–C–C–N with tert-alkyl or cyclic N) is 1. The van der Waals surface area contributed by atoms with Gasteiger partial charge in [0.25, 0.3) is 11.4 Å². The first-order chi connectivity index (χ1) is 9.81. The van der Waals surface area contributed by atoms with Crippen molar-refractivity contribution in [2.45, 2.75) is 0 Å². The molecular weight excluding hydrogens is 274 g/mol. The molecule has 1 N–H and O–H groups in total. The third-order valence-corrected chi connectivity index (χ3v) is 2.84. The van der Waals surface area contributed by atoms with Crippen molar-refractivity contribution in [2.24, 2.45) is 0 Å². The summed E-state index contributed by atoms with van der Waals surface area (Å²) in [6, 6.07) is 0. The molecule has 0 aliphatic carbocycles. The van der Waals surface area contributed by atoms with E-state index in [1.807, 2.05) is 0 Å². The van der Waals surface area contributed by atoms with Gasteiger partial charge in [0, 0.05) is 11.7 Å². The highest BCUT2D eigenvalue weighted by atomic mass is 16.8. The van der Waals surface area contributed by atoms with Crippen LogP contribution in [-0.4, -0.2) is 44.0 Å². The van der Waals surface area contributed by atoms with Crippen molar-refractivity contribution in [3.8, 4) is 22.8 Å². The van der Waals surface area contributed by atoms with Gasteiger partial charge in [-0.3, -0.25) is 9.53 Å². The first-order valence-electron chi connectivity index (χ1n) is 5.45. The van der Waals surface area contributed by atoms with E-state index in [2.05, 4.69) is 39.7 Å². The Bertz CT molecular complexity index is 776. The molecule has 1 aliphatic rings. The van der Waals surface area contributed by atoms with Gasteiger partial charge in [-0.1, -0.05) is 0 Å². The van der Waals surface area contributed by atoms with Crippen LogP contribution in [0.1, 0.15) is 0 Å². The maximum atomic E-state index is 11.7. The molecule has 0 aromatic carbocycles. The van der Waals surface area contributed by atoms with Gasteiger partial charge in [0.1, 0.15) is 0 Å². The second kappa shape index (κ2) is 3.74. The van der Waals surface area contributed by atoms with Crippen LogP contribution in [-0.2, 0) is 0 Å². The Hall–Kier alpha value is -3.02. The van der Waals surface area contributed by atoms with E-state index in [0.29, 0.717) is 0 Å². The van der Waals surface area contributed by atoms with Gasteiger partial charge >= 0.3 is 0 Å². The third-order valence-electron chi connectivity index (χ3n) is 2.84. The van der Waals surface area contributed by atoms with Crippen molar-refractivity contribution in [3.63, 3.8) is 0 Å². The standard InChI is InChI=1S/C8H5N7O5/c16-2-1-14-7-4(9-18-12-7)3-6(15(17)20-11-3)5-8(14)13-19-10-5/h16H,1-2H2. The first kappa shape index (κ1) is 10.9. The number of fused-ring (bicyclic) bond motifs is 5. The zero-order valence-electron chi connectivity index (χ0n) is 9.62. The van der Waals surface area contributed by atoms with Crippen LogP contribution in [0.5, 0.6) is 0 Å². The van der Waals surface area contributed by atoms with Gasteiger partial charge in [0.2, 0.25) is 23.0 Å². The van der Waals surface area contributed by atoms with Gasteiger partial charge in [0.05, 0.1) is 6.61 Å². The van der Waals surface area contributed by atoms with E-state index >= 15 is 0 Å². The number of aliphatic hydroxyl groups excluding tert-OH is 1. The predicted molar refractivity (Wildman–Crippen MR) is 56.1 cm³/mol. The summed E-state index contributed by atoms with van der Waals surface area (Å²) in [6.07, 6.45) is 0. The van der Waals surface area contributed by atoms with Gasteiger partial charge in [-0.2, -0.15) is 0 Å². The van der Waals surface area contributed by atoms with Crippen LogP contribution in [0.25, 0.3) is 22.8 Å². The lowest BCUT2D eigenvalue weighted by atomic mass is 10.2. The van der Waals surface area contributed by atoms with Crippen LogP contribution in [0.2, 0.25) is 0 Å². The molecule has 0 saturated heterocycles. The van der Waals surface area contributed by atoms with E-state index in [-0.39, 0.29) is 52.5 Å². The lowest BCUT2D eigenvalue weighted by Crippen LogP contribution is -2.26. The molecule has 0 fully saturated rings. The molecule has 1 aliphatic heterocycles. The molecule has 20 heavy (non-hydrogen) atoms. The molecule has 0 spiro atoms. The number of rotatable bonds is 2. The van der Waals surface area contributed by atoms with E-state index < -0.39 is 0 Å². The highest BCUT2D eigenvalue weighted by Crippen LogP contribution is 2.41. The number of nitrogens with zero attached hydrogens (tertiary/aromatic N) is 7. The molecule has 0 atom stereocenters. The Kier molecular flexibility index (Phi) is 2.03. The quantitative estimate of drug-likeness (QED) is 0.565. The summed E-state index contributed by atoms with van der Waals surface area (Å²) in [5, 5.41) is 39.3. The SMILES string of the molecule is [O-][n+]1onc2c1-c1nonc1N(CCO)c1nonc1-2. The summed E-state index contributed by atoms with van der Waals surface area (Å²) in [6.45, 7) is -0.0688. The van der Waals surface area contributed by atoms with E-state index in [1.165, 1.54) is 4.90 Å². The van der Waals surface area contributed by atoms with Crippen molar-refractivity contribution >= 4 is 11.6 Å². The van der Waals surface area contributed by atoms with Crippen molar-refractivity contribution in [1.82, 2.24) is 25.8 Å². The van der Waals surface area contributed by atoms with Gasteiger partial charge in [-0.05, 0) is 25.5 Å². The van der Waals surface area contributed by atoms with E-state index in [0.717, 1.165) is 0 Å². The fourth-order valence-corrected chi connectivity index (χ4v) is 2.03. The fraction of sp³-hybridized carbons (Fsp3) is 0.250. The second-order valence-electron chi connectivity index (χ2n) is 3.88. The lowest BCUT2D eigenvalue weighted by molar-refractivity contribution is -0.793. The molecule has 3 aromatic heterocycles. The molecule has 12 nitrogen and oxygen atoms in total. The van der Waals surface area contributed by atoms with Crippen molar-refractivity contribution < 1.29 is 23.9 Å². The molecule has 12 heteroatoms. The Morgan fingerprint density at radius 2 is 1.70 bits per heavy atom. The largest absolute Gasteiger partial charge is 0.395 e. The highest BCUT2D eigenvalue weighted by molar-refractivity contribution is 5.88. The maximum absolute atomic E-state index is 11.7. The zero-order chi connectivity index (χ0) is 13.7. The minimum absolute atomic E-state index is 0.0151. The predicted octanol–water partition coefficient (Wildman–Crippen LogP) is -1.15. The van der Waals surface area contributed by atoms with E-state index in [9.17, 15) is 5.21 Å². The average molecular weight is 279 g/mol. The van der Waals surface area contributed by atoms with Gasteiger partial charge in [-0.25, -0.2) is 9.26 Å². The monoisotopic (exact) mass is 279 g/mol. The number of anilines is 2. The topological polar surface area (TPSA) is 154 Å². The molecule has 0 amide bonds. The van der Waals surface area contributed by atoms with Gasteiger partial charge in [-0.15, -0.1) is 0 Å². The molecule has 4 heterocycles. The molecule has 0 unspecified atom stereocenters. The zero-order valence-corrected chi connectivity index (χ0v) is 9.62. The molecule has 0 bridgehead atoms. The molecule has 102 valence electrons. The minimum Gasteiger partial charge on any atom is -0.395 e. The van der Waals surface area contributed by atoms with E-state index in [1.54, 1.807) is 0 Å². The number of aliphatic hydroxyl groups is 1. The Labute approximate surface area is 108 Å². The van der Waals surface area contributed by atoms with Crippen LogP contribution in [0.15, 0.2) is 13.9 Å². The van der Waals surface area contributed by atoms with Crippen molar-refractivity contribution in [3.05, 3.63) is 5.21 Å². The van der Waals surface area contributed by atoms with Crippen molar-refractivity contribution in [1.29, 1.82) is 0 Å². The summed E-state index contributed by atoms with van der Waals surface area (Å²) in [4.78, 5) is 1.62. The summed E-state index contributed by atoms with van der Waals surface area (Å²) in [5.41, 5.74) is 0.392. The van der Waals surface area contributed by atoms with Crippen LogP contribution in [0, 0.1) is 5.21 Å². The van der Waals surface area contributed by atoms with E-state index in [4.69, 9.17) is 5.11 Å². The van der Waals surface area contributed by atoms with Gasteiger partial charge in [0.15, 0.2) is 0 Å². The van der Waals surface area contributed by atoms with Crippen LogP contribution >= 0.6 is 0 Å². The smallest absolute Gasteiger partial charge is 0.284 e. The van der Waals surface area contributed by atoms with Crippen LogP contribution in [0.4, 0.5) is 11.6 Å². The summed E-state index contributed by atoms with van der Waals surface area (Å²) in [5.74, 6) is 0.409. The van der Waals surface area contributed by atoms with Crippen molar-refractivity contribution in [2.75, 3.05) is 18.1 Å². The Morgan fingerprint density at radius 3 is 2.45 bits per heavy atom. The minimum atomic E-state index is -0.196. The normalized spacial score (nSPS) is 12.8. The number of hydrogen-bond donors (Lipinski definition) is 1. The molecule has 3 aromatic rings. The third kappa shape index (κ3) is 1.22. The number of aromatic nitrogens is 6. The Morgan fingerprint density at radius 1 is 1.00 bits per heavy atom. The molecule has 0 saturated carbocycles. The summed E-state index contributed by atoms with van der Waals surface area (Å²) >= 11 is 0. The summed E-state index contributed by atoms with van der Waals surface area (Å²) < 4.78 is 13.9. The Balaban J connectivity index is 2.07. The molecule has 4 rings (SSSR count). The highest BCUT2D eigenvalue weighted by Gasteiger charge is 2.40. The fourth-order valence-electron chi connectivity index (χ4n) is 2.03. The second-order valence-corrected chi connectivity index (χ2v) is 3.88. The lowest BCUT2D eigenvalue weighted by Gasteiger charge is -2.15. The average Bonchev–Trinajstić information content (AvgIpc) is 3.13. The van der Waals surface area contributed by atoms with Gasteiger partial charge < -0.3 is 10.3 Å². The van der Waals surface area contributed by atoms with Crippen LogP contribution < -0.4 is 9.80 Å².